The van der Waals surface area contributed by atoms with Crippen LogP contribution in [0.25, 0.3) is 0 Å². The molecule has 0 radical (unpaired) electrons. The van der Waals surface area contributed by atoms with Gasteiger partial charge in [-0.2, -0.15) is 23.4 Å². The third-order valence-electron chi connectivity index (χ3n) is 3.79. The molecule has 0 atom stereocenters. The monoisotopic (exact) mass is 439 g/mol. The average molecular weight is 440 g/mol. The van der Waals surface area contributed by atoms with Gasteiger partial charge in [-0.25, -0.2) is 0 Å². The Hall–Kier alpha value is -2.34. The molecular formula is C15H21ClF3N7OS. The van der Waals surface area contributed by atoms with Crippen molar-refractivity contribution in [1.29, 1.82) is 0 Å². The number of carbonyl (C=O) groups excluding carboxylic acids is 1. The molecule has 0 unspecified atom stereocenters. The van der Waals surface area contributed by atoms with Gasteiger partial charge in [0.2, 0.25) is 5.91 Å². The van der Waals surface area contributed by atoms with Crippen molar-refractivity contribution < 1.29 is 18.0 Å². The highest BCUT2D eigenvalue weighted by Gasteiger charge is 2.34. The van der Waals surface area contributed by atoms with E-state index in [9.17, 15) is 18.0 Å². The van der Waals surface area contributed by atoms with Crippen LogP contribution in [0.3, 0.4) is 0 Å². The minimum Gasteiger partial charge on any atom is -0.329 e. The van der Waals surface area contributed by atoms with Crippen LogP contribution in [0.4, 0.5) is 18.9 Å². The Balaban J connectivity index is 0.00000392. The normalized spacial score (nSPS) is 10.9. The summed E-state index contributed by atoms with van der Waals surface area (Å²) in [6, 6.07) is 0.938. The van der Waals surface area contributed by atoms with Crippen molar-refractivity contribution in [2.75, 3.05) is 5.32 Å². The molecule has 0 aliphatic heterocycles. The van der Waals surface area contributed by atoms with E-state index in [0.717, 1.165) is 16.4 Å². The summed E-state index contributed by atoms with van der Waals surface area (Å²) in [5, 5.41) is 10.7. The van der Waals surface area contributed by atoms with E-state index in [-0.39, 0.29) is 30.5 Å². The summed E-state index contributed by atoms with van der Waals surface area (Å²) in [5.74, 6) is -0.441. The molecule has 2 aromatic heterocycles. The maximum absolute atomic E-state index is 12.6. The van der Waals surface area contributed by atoms with Gasteiger partial charge in [0.05, 0.1) is 24.1 Å². The van der Waals surface area contributed by atoms with Gasteiger partial charge in [-0.1, -0.05) is 0 Å². The fraction of sp³-hybridized carbons (Fsp3) is 0.467. The fourth-order valence-corrected chi connectivity index (χ4v) is 2.47. The van der Waals surface area contributed by atoms with Gasteiger partial charge < -0.3 is 5.32 Å². The number of anilines is 1. The van der Waals surface area contributed by atoms with E-state index in [1.807, 2.05) is 13.8 Å². The first-order chi connectivity index (χ1) is 12.6. The third kappa shape index (κ3) is 6.09. The Bertz CT molecular complexity index is 834. The molecule has 3 N–H and O–H groups in total. The average Bonchev–Trinajstić information content (AvgIpc) is 3.14. The summed E-state index contributed by atoms with van der Waals surface area (Å²) in [6.45, 7) is 6.06. The molecule has 0 saturated carbocycles. The van der Waals surface area contributed by atoms with Crippen molar-refractivity contribution in [3.8, 4) is 0 Å². The van der Waals surface area contributed by atoms with E-state index >= 15 is 0 Å². The summed E-state index contributed by atoms with van der Waals surface area (Å²) >= 11 is 5.09. The number of rotatable bonds is 5. The second-order valence-electron chi connectivity index (χ2n) is 5.73. The molecule has 0 spiro atoms. The summed E-state index contributed by atoms with van der Waals surface area (Å²) in [6.07, 6.45) is -2.96. The number of aromatic nitrogens is 4. The highest BCUT2D eigenvalue weighted by molar-refractivity contribution is 7.80. The van der Waals surface area contributed by atoms with Gasteiger partial charge in [0.15, 0.2) is 10.8 Å². The number of alkyl halides is 3. The van der Waals surface area contributed by atoms with Crippen molar-refractivity contribution in [1.82, 2.24) is 30.4 Å². The van der Waals surface area contributed by atoms with Crippen LogP contribution in [0.2, 0.25) is 0 Å². The number of aryl methyl sites for hydroxylation is 3. The van der Waals surface area contributed by atoms with E-state index in [0.29, 0.717) is 17.9 Å². The lowest BCUT2D eigenvalue weighted by molar-refractivity contribution is -0.141. The van der Waals surface area contributed by atoms with Crippen molar-refractivity contribution in [3.63, 3.8) is 0 Å². The summed E-state index contributed by atoms with van der Waals surface area (Å²) in [5.41, 5.74) is 5.86. The number of halogens is 4. The van der Waals surface area contributed by atoms with Gasteiger partial charge >= 0.3 is 6.18 Å². The number of hydrogen-bond donors (Lipinski definition) is 3. The van der Waals surface area contributed by atoms with Gasteiger partial charge in [0.1, 0.15) is 0 Å². The summed E-state index contributed by atoms with van der Waals surface area (Å²) in [4.78, 5) is 11.9. The largest absolute Gasteiger partial charge is 0.435 e. The zero-order valence-electron chi connectivity index (χ0n) is 15.4. The van der Waals surface area contributed by atoms with Crippen LogP contribution < -0.4 is 16.2 Å². The number of carbonyl (C=O) groups is 1. The quantitative estimate of drug-likeness (QED) is 0.490. The van der Waals surface area contributed by atoms with E-state index < -0.39 is 17.8 Å². The molecule has 0 aliphatic carbocycles. The smallest absolute Gasteiger partial charge is 0.329 e. The topological polar surface area (TPSA) is 88.8 Å². The predicted molar refractivity (Wildman–Crippen MR) is 104 cm³/mol. The Kier molecular flexibility index (Phi) is 8.24. The van der Waals surface area contributed by atoms with E-state index in [1.165, 1.54) is 6.92 Å². The van der Waals surface area contributed by atoms with Crippen molar-refractivity contribution in [2.24, 2.45) is 0 Å². The molecule has 2 heterocycles. The minimum absolute atomic E-state index is 0. The molecule has 0 aromatic carbocycles. The van der Waals surface area contributed by atoms with Gasteiger partial charge in [-0.3, -0.25) is 25.0 Å². The Morgan fingerprint density at radius 3 is 2.46 bits per heavy atom. The minimum atomic E-state index is -4.51. The fourth-order valence-electron chi connectivity index (χ4n) is 2.31. The third-order valence-corrected chi connectivity index (χ3v) is 3.99. The maximum atomic E-state index is 12.6. The predicted octanol–water partition coefficient (Wildman–Crippen LogP) is 2.56. The lowest BCUT2D eigenvalue weighted by atomic mass is 10.3. The molecule has 13 heteroatoms. The number of thiocarbonyl (C=S) groups is 1. The molecular weight excluding hydrogens is 419 g/mol. The van der Waals surface area contributed by atoms with Crippen molar-refractivity contribution >= 4 is 41.3 Å². The van der Waals surface area contributed by atoms with Crippen LogP contribution in [-0.2, 0) is 24.1 Å². The molecule has 0 saturated heterocycles. The second kappa shape index (κ2) is 9.73. The van der Waals surface area contributed by atoms with Crippen LogP contribution in [0.5, 0.6) is 0 Å². The van der Waals surface area contributed by atoms with Gasteiger partial charge in [-0.05, 0) is 39.1 Å². The maximum Gasteiger partial charge on any atom is 0.435 e. The molecule has 2 aromatic rings. The molecule has 8 nitrogen and oxygen atoms in total. The first-order valence-corrected chi connectivity index (χ1v) is 8.52. The van der Waals surface area contributed by atoms with E-state index in [4.69, 9.17) is 12.2 Å². The highest BCUT2D eigenvalue weighted by atomic mass is 35.5. The van der Waals surface area contributed by atoms with Crippen LogP contribution >= 0.6 is 24.6 Å². The van der Waals surface area contributed by atoms with Crippen LogP contribution in [0.1, 0.15) is 30.4 Å². The lowest BCUT2D eigenvalue weighted by Crippen LogP contribution is -2.44. The second-order valence-corrected chi connectivity index (χ2v) is 6.14. The molecule has 0 bridgehead atoms. The number of nitrogens with one attached hydrogen (secondary N) is 3. The van der Waals surface area contributed by atoms with Gasteiger partial charge in [0, 0.05) is 18.7 Å². The van der Waals surface area contributed by atoms with E-state index in [2.05, 4.69) is 26.4 Å². The first kappa shape index (κ1) is 23.7. The van der Waals surface area contributed by atoms with Crippen molar-refractivity contribution in [3.05, 3.63) is 29.3 Å². The lowest BCUT2D eigenvalue weighted by Gasteiger charge is -2.11. The Labute approximate surface area is 171 Å². The Morgan fingerprint density at radius 2 is 1.93 bits per heavy atom. The highest BCUT2D eigenvalue weighted by Crippen LogP contribution is 2.28. The number of nitrogens with zero attached hydrogens (tertiary/aromatic N) is 4. The number of amides is 1. The summed E-state index contributed by atoms with van der Waals surface area (Å²) in [7, 11) is 0. The van der Waals surface area contributed by atoms with Crippen molar-refractivity contribution in [2.45, 2.75) is 46.5 Å². The molecule has 2 rings (SSSR count). The standard InChI is InChI=1S/C15H20F3N7OS.ClH/c1-4-24-10(3)11(8-19-24)20-14(27)22-21-13(26)5-6-25-9(2)7-12(23-25)15(16,17)18;/h7-8H,4-6H2,1-3H3,(H,21,26)(H2,20,22,27);1H. The number of hydrogen-bond acceptors (Lipinski definition) is 4. The molecule has 156 valence electrons. The van der Waals surface area contributed by atoms with Crippen LogP contribution in [-0.4, -0.2) is 30.6 Å². The molecule has 1 amide bonds. The SMILES string of the molecule is CCn1ncc(NC(=S)NNC(=O)CCn2nc(C(F)(F)F)cc2C)c1C.Cl. The zero-order chi connectivity index (χ0) is 20.2. The Morgan fingerprint density at radius 1 is 1.25 bits per heavy atom. The van der Waals surface area contributed by atoms with Gasteiger partial charge in [-0.15, -0.1) is 12.4 Å². The number of hydrazine groups is 1. The summed E-state index contributed by atoms with van der Waals surface area (Å²) < 4.78 is 40.8. The van der Waals surface area contributed by atoms with E-state index in [1.54, 1.807) is 10.9 Å². The van der Waals surface area contributed by atoms with Gasteiger partial charge in [0.25, 0.3) is 0 Å². The van der Waals surface area contributed by atoms with Crippen LogP contribution in [0.15, 0.2) is 12.3 Å². The first-order valence-electron chi connectivity index (χ1n) is 8.11. The molecule has 0 fully saturated rings. The van der Waals surface area contributed by atoms with Crippen LogP contribution in [0, 0.1) is 13.8 Å². The molecule has 28 heavy (non-hydrogen) atoms. The molecule has 0 aliphatic rings. The zero-order valence-corrected chi connectivity index (χ0v) is 17.1.